The van der Waals surface area contributed by atoms with E-state index >= 15 is 0 Å². The Morgan fingerprint density at radius 2 is 1.59 bits per heavy atom. The summed E-state index contributed by atoms with van der Waals surface area (Å²) in [4.78, 5) is 12.3. The van der Waals surface area contributed by atoms with E-state index in [1.807, 2.05) is 0 Å². The molecule has 2 nitrogen and oxygen atoms in total. The number of fused-ring (bicyclic) bond motifs is 5. The molecule has 0 aliphatic heterocycles. The van der Waals surface area contributed by atoms with E-state index in [0.29, 0.717) is 23.5 Å². The van der Waals surface area contributed by atoms with Crippen LogP contribution in [0.3, 0.4) is 0 Å². The SMILES string of the molecule is C[C@]12CCC(=O)C=C1C[C@@H](CCCCCCCCCCl)C1C2CC[C@@]2(C)C1CC[C@]2(C)O. The minimum absolute atomic E-state index is 0.0664. The van der Waals surface area contributed by atoms with E-state index in [2.05, 4.69) is 26.8 Å². The first-order valence-electron chi connectivity index (χ1n) is 13.8. The third-order valence-electron chi connectivity index (χ3n) is 10.9. The van der Waals surface area contributed by atoms with Gasteiger partial charge >= 0.3 is 0 Å². The number of unbranched alkanes of at least 4 members (excludes halogenated alkanes) is 6. The number of hydrogen-bond donors (Lipinski definition) is 1. The molecule has 0 saturated heterocycles. The molecule has 4 rings (SSSR count). The van der Waals surface area contributed by atoms with Crippen LogP contribution in [0.15, 0.2) is 11.6 Å². The molecule has 1 N–H and O–H groups in total. The van der Waals surface area contributed by atoms with Gasteiger partial charge in [0.25, 0.3) is 0 Å². The molecule has 0 amide bonds. The summed E-state index contributed by atoms with van der Waals surface area (Å²) in [5, 5.41) is 11.3. The van der Waals surface area contributed by atoms with Gasteiger partial charge in [0, 0.05) is 12.3 Å². The lowest BCUT2D eigenvalue weighted by atomic mass is 9.44. The van der Waals surface area contributed by atoms with Crippen LogP contribution in [0.2, 0.25) is 0 Å². The van der Waals surface area contributed by atoms with E-state index in [0.717, 1.165) is 50.3 Å². The van der Waals surface area contributed by atoms with Gasteiger partial charge in [-0.3, -0.25) is 4.79 Å². The molecule has 3 unspecified atom stereocenters. The van der Waals surface area contributed by atoms with Gasteiger partial charge in [-0.1, -0.05) is 57.9 Å². The molecular weight excluding hydrogens is 416 g/mol. The maximum absolute atomic E-state index is 12.3. The Morgan fingerprint density at radius 3 is 2.31 bits per heavy atom. The molecule has 3 heteroatoms. The predicted octanol–water partition coefficient (Wildman–Crippen LogP) is 7.86. The van der Waals surface area contributed by atoms with Crippen molar-refractivity contribution < 1.29 is 9.90 Å². The first-order chi connectivity index (χ1) is 15.2. The van der Waals surface area contributed by atoms with Gasteiger partial charge in [0.2, 0.25) is 0 Å². The summed E-state index contributed by atoms with van der Waals surface area (Å²) in [6.45, 7) is 6.99. The van der Waals surface area contributed by atoms with Crippen LogP contribution in [0.5, 0.6) is 0 Å². The quantitative estimate of drug-likeness (QED) is 0.279. The standard InChI is InChI=1S/C29H47ClO2/c1-27-15-12-23(31)20-22(27)19-21(11-9-7-5-4-6-8-10-18-30)26-24(27)13-16-28(2)25(26)14-17-29(28,3)32/h20-21,24-26,32H,4-19H2,1-3H3/t21-,24?,25?,26?,27+,28+,29+/m1/s1. The van der Waals surface area contributed by atoms with Crippen molar-refractivity contribution >= 4 is 17.4 Å². The number of aliphatic hydroxyl groups is 1. The van der Waals surface area contributed by atoms with Crippen molar-refractivity contribution in [1.29, 1.82) is 0 Å². The predicted molar refractivity (Wildman–Crippen MR) is 134 cm³/mol. The monoisotopic (exact) mass is 462 g/mol. The van der Waals surface area contributed by atoms with E-state index in [9.17, 15) is 9.90 Å². The minimum Gasteiger partial charge on any atom is -0.390 e. The summed E-state index contributed by atoms with van der Waals surface area (Å²) in [5.41, 5.74) is 1.24. The second-order valence-corrected chi connectivity index (χ2v) is 12.9. The molecule has 0 radical (unpaired) electrons. The van der Waals surface area contributed by atoms with Crippen LogP contribution in [0.25, 0.3) is 0 Å². The van der Waals surface area contributed by atoms with E-state index in [1.165, 1.54) is 63.4 Å². The van der Waals surface area contributed by atoms with Crippen LogP contribution in [-0.4, -0.2) is 22.4 Å². The van der Waals surface area contributed by atoms with Crippen molar-refractivity contribution in [1.82, 2.24) is 0 Å². The van der Waals surface area contributed by atoms with Gasteiger partial charge in [-0.05, 0) is 98.9 Å². The highest BCUT2D eigenvalue weighted by molar-refractivity contribution is 6.17. The van der Waals surface area contributed by atoms with Crippen LogP contribution in [-0.2, 0) is 4.79 Å². The molecular formula is C29H47ClO2. The topological polar surface area (TPSA) is 37.3 Å². The summed E-state index contributed by atoms with van der Waals surface area (Å²) >= 11 is 5.80. The zero-order valence-electron chi connectivity index (χ0n) is 20.9. The lowest BCUT2D eigenvalue weighted by Crippen LogP contribution is -2.56. The summed E-state index contributed by atoms with van der Waals surface area (Å²) in [7, 11) is 0. The fourth-order valence-corrected chi connectivity index (χ4v) is 8.82. The highest BCUT2D eigenvalue weighted by Crippen LogP contribution is 2.69. The Kier molecular flexibility index (Phi) is 7.53. The van der Waals surface area contributed by atoms with Crippen LogP contribution in [0.1, 0.15) is 117 Å². The molecule has 4 aliphatic rings. The summed E-state index contributed by atoms with van der Waals surface area (Å²) < 4.78 is 0. The Hall–Kier alpha value is -0.340. The fraction of sp³-hybridized carbons (Fsp3) is 0.897. The molecule has 7 atom stereocenters. The summed E-state index contributed by atoms with van der Waals surface area (Å²) in [6, 6.07) is 0. The van der Waals surface area contributed by atoms with Gasteiger partial charge in [-0.25, -0.2) is 0 Å². The summed E-state index contributed by atoms with van der Waals surface area (Å²) in [6.07, 6.45) is 19.9. The largest absolute Gasteiger partial charge is 0.390 e. The molecule has 0 heterocycles. The van der Waals surface area contributed by atoms with Crippen molar-refractivity contribution in [3.05, 3.63) is 11.6 Å². The van der Waals surface area contributed by atoms with Crippen LogP contribution < -0.4 is 0 Å². The summed E-state index contributed by atoms with van der Waals surface area (Å²) in [5.74, 6) is 3.92. The van der Waals surface area contributed by atoms with Crippen LogP contribution >= 0.6 is 11.6 Å². The van der Waals surface area contributed by atoms with Crippen molar-refractivity contribution in [2.75, 3.05) is 5.88 Å². The number of hydrogen-bond acceptors (Lipinski definition) is 2. The van der Waals surface area contributed by atoms with Crippen molar-refractivity contribution in [3.63, 3.8) is 0 Å². The van der Waals surface area contributed by atoms with Crippen molar-refractivity contribution in [3.8, 4) is 0 Å². The van der Waals surface area contributed by atoms with Crippen molar-refractivity contribution in [2.24, 2.45) is 34.5 Å². The fourth-order valence-electron chi connectivity index (χ4n) is 8.63. The zero-order valence-corrected chi connectivity index (χ0v) is 21.7. The zero-order chi connectivity index (χ0) is 23.0. The molecule has 4 aliphatic carbocycles. The Morgan fingerprint density at radius 1 is 0.938 bits per heavy atom. The van der Waals surface area contributed by atoms with Gasteiger partial charge in [0.1, 0.15) is 0 Å². The maximum Gasteiger partial charge on any atom is 0.155 e. The molecule has 182 valence electrons. The van der Waals surface area contributed by atoms with Gasteiger partial charge in [-0.15, -0.1) is 11.6 Å². The number of alkyl halides is 1. The van der Waals surface area contributed by atoms with Crippen LogP contribution in [0, 0.1) is 34.5 Å². The van der Waals surface area contributed by atoms with Crippen LogP contribution in [0.4, 0.5) is 0 Å². The second-order valence-electron chi connectivity index (χ2n) is 12.5. The highest BCUT2D eigenvalue weighted by Gasteiger charge is 2.64. The number of rotatable bonds is 9. The number of carbonyl (C=O) groups is 1. The molecule has 0 bridgehead atoms. The molecule has 0 spiro atoms. The van der Waals surface area contributed by atoms with Gasteiger partial charge in [0.15, 0.2) is 5.78 Å². The number of carbonyl (C=O) groups excluding carboxylic acids is 1. The lowest BCUT2D eigenvalue weighted by Gasteiger charge is -2.61. The third-order valence-corrected chi connectivity index (χ3v) is 11.2. The van der Waals surface area contributed by atoms with E-state index in [4.69, 9.17) is 11.6 Å². The average Bonchev–Trinajstić information content (AvgIpc) is 3.00. The number of allylic oxidation sites excluding steroid dienone is 1. The molecule has 3 fully saturated rings. The Bertz CT molecular complexity index is 712. The maximum atomic E-state index is 12.3. The van der Waals surface area contributed by atoms with E-state index in [1.54, 1.807) is 0 Å². The van der Waals surface area contributed by atoms with Gasteiger partial charge in [0.05, 0.1) is 5.60 Å². The molecule has 32 heavy (non-hydrogen) atoms. The van der Waals surface area contributed by atoms with Gasteiger partial charge < -0.3 is 5.11 Å². The van der Waals surface area contributed by atoms with E-state index < -0.39 is 5.60 Å². The van der Waals surface area contributed by atoms with Gasteiger partial charge in [-0.2, -0.15) is 0 Å². The Labute approximate surface area is 202 Å². The molecule has 0 aromatic rings. The first kappa shape index (κ1) is 24.8. The third kappa shape index (κ3) is 4.37. The van der Waals surface area contributed by atoms with Crippen molar-refractivity contribution in [2.45, 2.75) is 123 Å². The molecule has 3 saturated carbocycles. The smallest absolute Gasteiger partial charge is 0.155 e. The number of ketones is 1. The molecule has 0 aromatic carbocycles. The van der Waals surface area contributed by atoms with E-state index in [-0.39, 0.29) is 10.8 Å². The normalized spacial score (nSPS) is 43.4. The first-order valence-corrected chi connectivity index (χ1v) is 14.3. The molecule has 0 aromatic heterocycles. The number of halogens is 1. The highest BCUT2D eigenvalue weighted by atomic mass is 35.5. The second kappa shape index (κ2) is 9.73. The average molecular weight is 463 g/mol. The lowest BCUT2D eigenvalue weighted by molar-refractivity contribution is -0.135. The minimum atomic E-state index is -0.518. The Balaban J connectivity index is 1.48.